The van der Waals surface area contributed by atoms with E-state index in [4.69, 9.17) is 80.5 Å². The molecule has 120 heavy (non-hydrogen) atoms. The molecule has 15 rings (SSSR count). The maximum Gasteiger partial charge on any atom is 0.338 e. The highest BCUT2D eigenvalue weighted by atomic mass is 16.8. The number of rotatable bonds is 31. The number of carbonyl (C=O) groups excluding carboxylic acids is 7. The number of esters is 7. The average molecular weight is 1620 g/mol. The van der Waals surface area contributed by atoms with Gasteiger partial charge in [-0.1, -0.05) is 249 Å². The third-order valence-corrected chi connectivity index (χ3v) is 20.3. The molecule has 0 radical (unpaired) electrons. The van der Waals surface area contributed by atoms with Gasteiger partial charge in [-0.3, -0.25) is 0 Å². The molecule has 4 aliphatic rings. The summed E-state index contributed by atoms with van der Waals surface area (Å²) in [5.41, 5.74) is 3.55. The Morgan fingerprint density at radius 2 is 0.583 bits per heavy atom. The largest absolute Gasteiger partial charge is 0.457 e. The van der Waals surface area contributed by atoms with Crippen LogP contribution in [0.2, 0.25) is 0 Å². The lowest BCUT2D eigenvalue weighted by molar-refractivity contribution is -0.378. The number of ether oxygens (including phenoxy) is 17. The van der Waals surface area contributed by atoms with Crippen molar-refractivity contribution >= 4 is 41.8 Å². The van der Waals surface area contributed by atoms with Gasteiger partial charge in [0, 0.05) is 5.56 Å². The van der Waals surface area contributed by atoms with Crippen molar-refractivity contribution < 1.29 is 114 Å². The van der Waals surface area contributed by atoms with Gasteiger partial charge in [-0.2, -0.15) is 0 Å². The van der Waals surface area contributed by atoms with Crippen LogP contribution in [-0.4, -0.2) is 154 Å². The van der Waals surface area contributed by atoms with Gasteiger partial charge in [-0.15, -0.1) is 0 Å². The molecular weight excluding hydrogens is 1540 g/mol. The quantitative estimate of drug-likeness (QED) is 0.0288. The molecule has 0 bridgehead atoms. The molecule has 4 saturated heterocycles. The predicted molar refractivity (Wildman–Crippen MR) is 429 cm³/mol. The minimum Gasteiger partial charge on any atom is -0.457 e. The first-order valence-corrected chi connectivity index (χ1v) is 39.2. The molecule has 0 aromatic heterocycles. The van der Waals surface area contributed by atoms with Crippen molar-refractivity contribution in [2.45, 2.75) is 125 Å². The van der Waals surface area contributed by atoms with E-state index in [1.54, 1.807) is 140 Å². The van der Waals surface area contributed by atoms with E-state index in [1.165, 1.54) is 78.9 Å². The average Bonchev–Trinajstić information content (AvgIpc) is 0.770. The first-order valence-electron chi connectivity index (χ1n) is 39.2. The summed E-state index contributed by atoms with van der Waals surface area (Å²) in [6.07, 6.45) is -24.9. The third kappa shape index (κ3) is 21.1. The second-order valence-electron chi connectivity index (χ2n) is 28.4. The second kappa shape index (κ2) is 40.6. The standard InChI is InChI=1S/C96H84O24/c97-86(65-39-17-4-18-40-65)114-78-75(60-109-94-83(105-56-63-35-13-2-14-36-63)80(104-55-62-33-11-1-12-34-62)77-74(111-94)59-108-93(120-77)71-51-29-10-30-52-71)113-96(85(119-91(102)70-49-27-9-28-50-70)82(78)117-89(100)68-45-23-7-24-46-68)110-61-76-79(115-87(98)66-41-19-5-20-42-66)81(116-88(99)67-43-21-6-22-44-67)84(118-90(101)69-47-25-8-26-48-69)95(112-76)107-58-72-53-31-32-54-73(72)92(103)106-57-64-37-15-3-16-38-64/h1-54,74-85,93-96H,55-61H2. The van der Waals surface area contributed by atoms with Crippen LogP contribution in [0.15, 0.2) is 328 Å². The third-order valence-electron chi connectivity index (χ3n) is 20.3. The fourth-order valence-electron chi connectivity index (χ4n) is 14.2. The number of fused-ring (bicyclic) bond motifs is 1. The first-order chi connectivity index (χ1) is 58.9. The highest BCUT2D eigenvalue weighted by Crippen LogP contribution is 2.41. The van der Waals surface area contributed by atoms with E-state index in [1.807, 2.05) is 109 Å². The van der Waals surface area contributed by atoms with Gasteiger partial charge >= 0.3 is 41.8 Å². The Morgan fingerprint density at radius 1 is 0.267 bits per heavy atom. The smallest absolute Gasteiger partial charge is 0.338 e. The zero-order valence-electron chi connectivity index (χ0n) is 64.7. The van der Waals surface area contributed by atoms with E-state index >= 15 is 24.0 Å². The number of benzene rings is 11. The fraction of sp³-hybridized carbons (Fsp3) is 0.240. The lowest BCUT2D eigenvalue weighted by atomic mass is 9.96. The molecule has 16 atom stereocenters. The molecule has 0 N–H and O–H groups in total. The van der Waals surface area contributed by atoms with E-state index in [0.717, 1.165) is 22.3 Å². The van der Waals surface area contributed by atoms with Gasteiger partial charge in [-0.05, 0) is 101 Å². The van der Waals surface area contributed by atoms with Crippen molar-refractivity contribution in [1.29, 1.82) is 0 Å². The predicted octanol–water partition coefficient (Wildman–Crippen LogP) is 14.4. The molecular formula is C96H84O24. The molecule has 612 valence electrons. The summed E-state index contributed by atoms with van der Waals surface area (Å²) in [6.45, 7) is -2.02. The van der Waals surface area contributed by atoms with Gasteiger partial charge in [-0.25, -0.2) is 33.6 Å². The molecule has 0 saturated carbocycles. The minimum atomic E-state index is -2.01. The van der Waals surface area contributed by atoms with Crippen LogP contribution >= 0.6 is 0 Å². The lowest BCUT2D eigenvalue weighted by Gasteiger charge is -2.49. The summed E-state index contributed by atoms with van der Waals surface area (Å²) in [7, 11) is 0. The van der Waals surface area contributed by atoms with Crippen LogP contribution in [0.3, 0.4) is 0 Å². The van der Waals surface area contributed by atoms with Crippen LogP contribution in [0.1, 0.15) is 107 Å². The minimum absolute atomic E-state index is 0.00505. The Hall–Kier alpha value is -12.7. The summed E-state index contributed by atoms with van der Waals surface area (Å²) < 4.78 is 114. The van der Waals surface area contributed by atoms with Crippen molar-refractivity contribution in [2.75, 3.05) is 19.8 Å². The summed E-state index contributed by atoms with van der Waals surface area (Å²) in [6, 6.07) is 91.1. The molecule has 4 aliphatic heterocycles. The molecule has 0 spiro atoms. The van der Waals surface area contributed by atoms with Gasteiger partial charge in [0.05, 0.1) is 78.6 Å². The maximum absolute atomic E-state index is 15.2. The van der Waals surface area contributed by atoms with Crippen molar-refractivity contribution in [3.05, 3.63) is 394 Å². The van der Waals surface area contributed by atoms with Crippen LogP contribution in [0.5, 0.6) is 0 Å². The molecule has 0 amide bonds. The van der Waals surface area contributed by atoms with Gasteiger partial charge in [0.15, 0.2) is 61.8 Å². The van der Waals surface area contributed by atoms with Crippen LogP contribution < -0.4 is 0 Å². The van der Waals surface area contributed by atoms with Gasteiger partial charge in [0.1, 0.15) is 43.2 Å². The molecule has 4 fully saturated rings. The highest BCUT2D eigenvalue weighted by Gasteiger charge is 2.58. The number of carbonyl (C=O) groups is 7. The van der Waals surface area contributed by atoms with Crippen LogP contribution in [0.25, 0.3) is 0 Å². The van der Waals surface area contributed by atoms with Crippen LogP contribution in [0.4, 0.5) is 0 Å². The summed E-state index contributed by atoms with van der Waals surface area (Å²) in [5.74, 6) is -6.59. The zero-order chi connectivity index (χ0) is 82.4. The SMILES string of the molecule is O=C(OC1C(COC2OC3COC(c4ccccc4)OC3C(OCc3ccccc3)C2OCc2ccccc2)OC(OCC2OC(OCc3ccccc3C(=O)OCc3ccccc3)C(OC(=O)c3ccccc3)C(OC(=O)c3ccccc3)C2OC(=O)c2ccccc2)C(OC(=O)c2ccccc2)C1OC(=O)c1ccccc1)c1ccccc1. The second-order valence-corrected chi connectivity index (χ2v) is 28.4. The maximum atomic E-state index is 15.2. The normalized spacial score (nSPS) is 23.7. The number of hydrogen-bond donors (Lipinski definition) is 0. The first kappa shape index (κ1) is 82.4. The summed E-state index contributed by atoms with van der Waals surface area (Å²) in [4.78, 5) is 104. The molecule has 0 aliphatic carbocycles. The van der Waals surface area contributed by atoms with E-state index in [-0.39, 0.29) is 70.9 Å². The van der Waals surface area contributed by atoms with Gasteiger partial charge in [0.2, 0.25) is 0 Å². The Labute approximate surface area is 691 Å². The van der Waals surface area contributed by atoms with E-state index in [2.05, 4.69) is 0 Å². The van der Waals surface area contributed by atoms with E-state index in [0.29, 0.717) is 0 Å². The van der Waals surface area contributed by atoms with E-state index < -0.39 is 160 Å². The Kier molecular flexibility index (Phi) is 27.9. The molecule has 11 aromatic rings. The summed E-state index contributed by atoms with van der Waals surface area (Å²) in [5, 5.41) is 0. The highest BCUT2D eigenvalue weighted by molar-refractivity contribution is 5.93. The molecule has 16 unspecified atom stereocenters. The van der Waals surface area contributed by atoms with Gasteiger partial charge in [0.25, 0.3) is 0 Å². The van der Waals surface area contributed by atoms with Crippen molar-refractivity contribution in [3.8, 4) is 0 Å². The van der Waals surface area contributed by atoms with Crippen LogP contribution in [0, 0.1) is 0 Å². The Morgan fingerprint density at radius 3 is 0.983 bits per heavy atom. The van der Waals surface area contributed by atoms with Crippen molar-refractivity contribution in [1.82, 2.24) is 0 Å². The lowest BCUT2D eigenvalue weighted by Crippen LogP contribution is -2.66. The molecule has 24 nitrogen and oxygen atoms in total. The van der Waals surface area contributed by atoms with Crippen molar-refractivity contribution in [2.24, 2.45) is 0 Å². The monoisotopic (exact) mass is 1620 g/mol. The Bertz CT molecular complexity index is 5150. The molecule has 11 aromatic carbocycles. The van der Waals surface area contributed by atoms with E-state index in [9.17, 15) is 9.59 Å². The van der Waals surface area contributed by atoms with Gasteiger partial charge < -0.3 is 80.5 Å². The topological polar surface area (TPSA) is 276 Å². The summed E-state index contributed by atoms with van der Waals surface area (Å²) >= 11 is 0. The fourth-order valence-corrected chi connectivity index (χ4v) is 14.2. The Balaban J connectivity index is 0.842. The zero-order valence-corrected chi connectivity index (χ0v) is 64.7. The molecule has 4 heterocycles. The van der Waals surface area contributed by atoms with Crippen molar-refractivity contribution in [3.63, 3.8) is 0 Å². The number of hydrogen-bond acceptors (Lipinski definition) is 24. The van der Waals surface area contributed by atoms with Crippen LogP contribution in [-0.2, 0) is 107 Å². The molecule has 24 heteroatoms.